The van der Waals surface area contributed by atoms with E-state index in [2.05, 4.69) is 9.05 Å². The zero-order chi connectivity index (χ0) is 27.2. The number of nitrogens with zero attached hydrogens (tertiary/aromatic N) is 1. The molecule has 2 saturated heterocycles. The minimum atomic E-state index is -5.83. The van der Waals surface area contributed by atoms with E-state index < -0.39 is 94.4 Å². The fourth-order valence-electron chi connectivity index (χ4n) is 3.64. The van der Waals surface area contributed by atoms with Crippen LogP contribution in [-0.4, -0.2) is 112 Å². The monoisotopic (exact) mass is 568 g/mol. The van der Waals surface area contributed by atoms with Gasteiger partial charge < -0.3 is 54.4 Å². The molecule has 0 bridgehead atoms. The summed E-state index contributed by atoms with van der Waals surface area (Å²) in [5, 5.41) is 56.8. The van der Waals surface area contributed by atoms with E-state index in [1.54, 1.807) is 0 Å². The molecule has 36 heavy (non-hydrogen) atoms. The first-order chi connectivity index (χ1) is 16.6. The van der Waals surface area contributed by atoms with Crippen molar-refractivity contribution in [2.45, 2.75) is 54.6 Å². The predicted octanol–water partition coefficient (Wildman–Crippen LogP) is -4.43. The third kappa shape index (κ3) is 5.27. The maximum Gasteiger partial charge on any atom is 0.476 e. The van der Waals surface area contributed by atoms with E-state index >= 15 is 0 Å². The summed E-state index contributed by atoms with van der Waals surface area (Å²) < 4.78 is 58.5. The van der Waals surface area contributed by atoms with Crippen LogP contribution in [0.1, 0.15) is 6.23 Å². The lowest BCUT2D eigenvalue weighted by Gasteiger charge is -2.47. The number of rotatable bonds is 8. The third-order valence-corrected chi connectivity index (χ3v) is 9.12. The molecule has 1 aromatic rings. The average molecular weight is 568 g/mol. The van der Waals surface area contributed by atoms with Crippen molar-refractivity contribution in [2.24, 2.45) is 0 Å². The van der Waals surface area contributed by atoms with Gasteiger partial charge in [-0.1, -0.05) is 0 Å². The van der Waals surface area contributed by atoms with E-state index in [4.69, 9.17) is 9.26 Å². The summed E-state index contributed by atoms with van der Waals surface area (Å²) in [6.07, 6.45) is -17.0. The first-order valence-corrected chi connectivity index (χ1v) is 13.0. The zero-order valence-corrected chi connectivity index (χ0v) is 19.5. The van der Waals surface area contributed by atoms with Crippen LogP contribution in [0.4, 0.5) is 4.39 Å². The molecule has 10 atom stereocenters. The van der Waals surface area contributed by atoms with Gasteiger partial charge in [0, 0.05) is 12.3 Å². The molecule has 2 aliphatic rings. The maximum atomic E-state index is 13.9. The molecule has 3 rings (SSSR count). The normalized spacial score (nSPS) is 39.1. The van der Waals surface area contributed by atoms with Gasteiger partial charge in [-0.2, -0.15) is 0 Å². The van der Waals surface area contributed by atoms with Crippen molar-refractivity contribution >= 4 is 15.4 Å². The maximum absolute atomic E-state index is 13.9. The van der Waals surface area contributed by atoms with Crippen molar-refractivity contribution in [1.29, 1.82) is 0 Å². The van der Waals surface area contributed by atoms with E-state index in [1.165, 1.54) is 0 Å². The quantitative estimate of drug-likeness (QED) is 0.134. The van der Waals surface area contributed by atoms with Crippen LogP contribution in [0.15, 0.2) is 21.9 Å². The number of hydrogen-bond donors (Lipinski definition) is 9. The van der Waals surface area contributed by atoms with Crippen LogP contribution >= 0.6 is 15.4 Å². The van der Waals surface area contributed by atoms with Crippen LogP contribution < -0.4 is 11.2 Å². The smallest absolute Gasteiger partial charge is 0.393 e. The van der Waals surface area contributed by atoms with Gasteiger partial charge in [0.1, 0.15) is 30.5 Å². The average Bonchev–Trinajstić information content (AvgIpc) is 3.06. The number of aromatic amines is 1. The molecule has 3 heterocycles. The second-order valence-electron chi connectivity index (χ2n) is 7.82. The molecule has 1 unspecified atom stereocenters. The highest BCUT2D eigenvalue weighted by Gasteiger charge is 2.67. The number of H-pyrrole nitrogens is 1. The molecule has 18 nitrogen and oxygen atoms in total. The van der Waals surface area contributed by atoms with Crippen molar-refractivity contribution in [1.82, 2.24) is 9.55 Å². The number of aliphatic hydroxyl groups is 6. The van der Waals surface area contributed by atoms with Crippen molar-refractivity contribution in [3.63, 3.8) is 0 Å². The lowest BCUT2D eigenvalue weighted by Crippen LogP contribution is -2.64. The molecule has 0 amide bonds. The number of aliphatic hydroxyl groups excluding tert-OH is 6. The molecule has 0 spiro atoms. The second kappa shape index (κ2) is 10.4. The Kier molecular flexibility index (Phi) is 8.42. The van der Waals surface area contributed by atoms with Crippen LogP contribution in [0.2, 0.25) is 0 Å². The number of aromatic nitrogens is 2. The van der Waals surface area contributed by atoms with Crippen molar-refractivity contribution in [3.8, 4) is 0 Å². The number of hydrogen-bond acceptors (Lipinski definition) is 14. The standard InChI is InChI=1S/C15H23FN2O16P2/c16-7-9(22)11(24)15(4-19,33-13(7)25)35(27,34-36(28,29)30)31-3-5-8(21)10(23)12(32-5)18-2-1-6(20)17-14(18)26/h1-2,5,7-13,19,21-25H,3-4H2,(H,17,20,26)(H2,28,29,30)/t5-,7-,8-,9-,10-,11-,12-,13+,15+,35?/m1/s1. The summed E-state index contributed by atoms with van der Waals surface area (Å²) in [6, 6.07) is 0.886. The van der Waals surface area contributed by atoms with Gasteiger partial charge in [-0.25, -0.2) is 18.1 Å². The predicted molar refractivity (Wildman–Crippen MR) is 108 cm³/mol. The second-order valence-corrected chi connectivity index (χ2v) is 11.5. The first kappa shape index (κ1) is 29.2. The van der Waals surface area contributed by atoms with Crippen LogP contribution in [0.5, 0.6) is 0 Å². The fraction of sp³-hybridized carbons (Fsp3) is 0.733. The molecule has 0 aromatic carbocycles. The Bertz CT molecular complexity index is 1160. The number of alkyl halides is 1. The highest BCUT2D eigenvalue weighted by atomic mass is 31.3. The van der Waals surface area contributed by atoms with Gasteiger partial charge in [0.2, 0.25) is 5.34 Å². The molecule has 21 heteroatoms. The zero-order valence-electron chi connectivity index (χ0n) is 17.8. The molecule has 0 radical (unpaired) electrons. The Morgan fingerprint density at radius 2 is 1.75 bits per heavy atom. The van der Waals surface area contributed by atoms with Crippen LogP contribution in [0, 0.1) is 0 Å². The molecular weight excluding hydrogens is 545 g/mol. The largest absolute Gasteiger partial charge is 0.476 e. The molecule has 206 valence electrons. The van der Waals surface area contributed by atoms with Crippen molar-refractivity contribution < 1.29 is 72.3 Å². The Labute approximate surface area is 198 Å². The molecule has 1 aromatic heterocycles. The minimum Gasteiger partial charge on any atom is -0.393 e. The van der Waals surface area contributed by atoms with Gasteiger partial charge in [-0.05, 0) is 0 Å². The summed E-state index contributed by atoms with van der Waals surface area (Å²) in [7, 11) is -11.6. The van der Waals surface area contributed by atoms with Gasteiger partial charge in [0.25, 0.3) is 5.56 Å². The molecule has 2 aliphatic heterocycles. The Hall–Kier alpha value is -1.41. The number of halogens is 1. The van der Waals surface area contributed by atoms with Crippen molar-refractivity contribution in [2.75, 3.05) is 13.2 Å². The highest BCUT2D eigenvalue weighted by molar-refractivity contribution is 7.65. The Morgan fingerprint density at radius 3 is 2.31 bits per heavy atom. The summed E-state index contributed by atoms with van der Waals surface area (Å²) in [4.78, 5) is 43.5. The van der Waals surface area contributed by atoms with E-state index in [0.29, 0.717) is 4.57 Å². The van der Waals surface area contributed by atoms with Crippen LogP contribution in [-0.2, 0) is 27.4 Å². The van der Waals surface area contributed by atoms with E-state index in [9.17, 15) is 63.5 Å². The highest BCUT2D eigenvalue weighted by Crippen LogP contribution is 2.70. The Balaban J connectivity index is 1.92. The lowest BCUT2D eigenvalue weighted by molar-refractivity contribution is -0.292. The van der Waals surface area contributed by atoms with E-state index in [1.807, 2.05) is 4.98 Å². The summed E-state index contributed by atoms with van der Waals surface area (Å²) in [6.45, 7) is -2.91. The van der Waals surface area contributed by atoms with Crippen LogP contribution in [0.25, 0.3) is 0 Å². The number of phosphoric acid groups is 1. The molecule has 9 N–H and O–H groups in total. The van der Waals surface area contributed by atoms with Gasteiger partial charge in [-0.3, -0.25) is 18.9 Å². The molecular formula is C15H23FN2O16P2. The van der Waals surface area contributed by atoms with Gasteiger partial charge >= 0.3 is 21.1 Å². The SMILES string of the molecule is O=c1ccn([C@@H]2O[C@H](COP(=O)(OP(=O)(O)O)[C@]3(CO)O[C@H](O)[C@H](F)[C@@H](O)[C@H]3O)[C@@H](O)[C@H]2O)c(=O)[nH]1. The van der Waals surface area contributed by atoms with Crippen LogP contribution in [0.3, 0.4) is 0 Å². The summed E-state index contributed by atoms with van der Waals surface area (Å²) >= 11 is 0. The van der Waals surface area contributed by atoms with Gasteiger partial charge in [-0.15, -0.1) is 0 Å². The van der Waals surface area contributed by atoms with E-state index in [0.717, 1.165) is 12.3 Å². The van der Waals surface area contributed by atoms with Gasteiger partial charge in [0.05, 0.1) is 13.2 Å². The first-order valence-electron chi connectivity index (χ1n) is 9.88. The van der Waals surface area contributed by atoms with E-state index in [-0.39, 0.29) is 0 Å². The molecule has 0 saturated carbocycles. The number of nitrogens with one attached hydrogen (secondary N) is 1. The topological polar surface area (TPSA) is 288 Å². The molecule has 0 aliphatic carbocycles. The fourth-order valence-corrected chi connectivity index (χ4v) is 6.95. The number of ether oxygens (including phenoxy) is 2. The minimum absolute atomic E-state index is 0.665. The summed E-state index contributed by atoms with van der Waals surface area (Å²) in [5.41, 5.74) is -1.85. The molecule has 2 fully saturated rings. The third-order valence-electron chi connectivity index (χ3n) is 5.48. The van der Waals surface area contributed by atoms with Crippen molar-refractivity contribution in [3.05, 3.63) is 33.1 Å². The Morgan fingerprint density at radius 1 is 1.11 bits per heavy atom. The summed E-state index contributed by atoms with van der Waals surface area (Å²) in [5.74, 6) is 0. The lowest BCUT2D eigenvalue weighted by atomic mass is 10.00. The van der Waals surface area contributed by atoms with Gasteiger partial charge in [0.15, 0.2) is 18.7 Å².